The van der Waals surface area contributed by atoms with Crippen LogP contribution in [0.1, 0.15) is 6.42 Å². The molecule has 1 rings (SSSR count). The highest BCUT2D eigenvalue weighted by atomic mass is 32.2. The number of hydrogen-bond acceptors (Lipinski definition) is 4. The summed E-state index contributed by atoms with van der Waals surface area (Å²) in [4.78, 5) is 13.4. The fourth-order valence-corrected chi connectivity index (χ4v) is 2.81. The summed E-state index contributed by atoms with van der Waals surface area (Å²) >= 11 is 1.90. The van der Waals surface area contributed by atoms with Crippen molar-refractivity contribution in [1.29, 1.82) is 0 Å². The van der Waals surface area contributed by atoms with Gasteiger partial charge in [-0.15, -0.1) is 0 Å². The first-order valence-corrected chi connectivity index (χ1v) is 6.01. The minimum atomic E-state index is 0.0366. The minimum Gasteiger partial charge on any atom is -0.383 e. The molecule has 4 nitrogen and oxygen atoms in total. The van der Waals surface area contributed by atoms with Crippen molar-refractivity contribution in [2.75, 3.05) is 38.3 Å². The molecule has 2 N–H and O–H groups in total. The molecule has 0 aromatic heterocycles. The predicted molar refractivity (Wildman–Crippen MR) is 58.4 cm³/mol. The van der Waals surface area contributed by atoms with Gasteiger partial charge in [-0.1, -0.05) is 0 Å². The Morgan fingerprint density at radius 1 is 1.71 bits per heavy atom. The second-order valence-corrected chi connectivity index (χ2v) is 4.45. The molecule has 1 amide bonds. The lowest BCUT2D eigenvalue weighted by Crippen LogP contribution is -2.45. The molecule has 1 fully saturated rings. The number of amides is 1. The van der Waals surface area contributed by atoms with Crippen molar-refractivity contribution in [2.24, 2.45) is 5.73 Å². The average Bonchev–Trinajstić information content (AvgIpc) is 2.71. The van der Waals surface area contributed by atoms with Gasteiger partial charge in [0.15, 0.2) is 0 Å². The highest BCUT2D eigenvalue weighted by Gasteiger charge is 2.25. The van der Waals surface area contributed by atoms with Gasteiger partial charge in [0.1, 0.15) is 0 Å². The molecule has 1 unspecified atom stereocenters. The first-order valence-electron chi connectivity index (χ1n) is 4.85. The molecule has 5 heteroatoms. The van der Waals surface area contributed by atoms with Gasteiger partial charge in [0.05, 0.1) is 13.2 Å². The van der Waals surface area contributed by atoms with E-state index in [0.29, 0.717) is 19.2 Å². The first-order chi connectivity index (χ1) is 6.79. The highest BCUT2D eigenvalue weighted by Crippen LogP contribution is 2.22. The Hall–Kier alpha value is -0.260. The van der Waals surface area contributed by atoms with E-state index in [1.807, 2.05) is 16.7 Å². The summed E-state index contributed by atoms with van der Waals surface area (Å²) < 4.78 is 4.99. The molecule has 0 aromatic carbocycles. The van der Waals surface area contributed by atoms with Crippen LogP contribution in [0, 0.1) is 0 Å². The Bertz CT molecular complexity index is 184. The summed E-state index contributed by atoms with van der Waals surface area (Å²) in [6.45, 7) is 1.36. The van der Waals surface area contributed by atoms with Crippen LogP contribution < -0.4 is 5.73 Å². The van der Waals surface area contributed by atoms with Crippen LogP contribution in [0.2, 0.25) is 0 Å². The lowest BCUT2D eigenvalue weighted by atomic mass is 10.2. The molecule has 0 bridgehead atoms. The number of methoxy groups -OCH3 is 1. The fourth-order valence-electron chi connectivity index (χ4n) is 1.59. The number of hydrogen-bond donors (Lipinski definition) is 1. The van der Waals surface area contributed by atoms with E-state index in [1.165, 1.54) is 0 Å². The molecule has 1 heterocycles. The second kappa shape index (κ2) is 6.27. The molecule has 0 aromatic rings. The minimum absolute atomic E-state index is 0.0366. The molecule has 0 aliphatic carbocycles. The molecule has 1 saturated heterocycles. The lowest BCUT2D eigenvalue weighted by molar-refractivity contribution is -0.132. The molecule has 0 saturated carbocycles. The number of nitrogens with two attached hydrogens (primary N) is 1. The molecular formula is C9H18N2O2S. The van der Waals surface area contributed by atoms with E-state index in [1.54, 1.807) is 7.11 Å². The third kappa shape index (κ3) is 3.15. The standard InChI is InChI=1S/C9H18N2O2S/c1-13-4-3-11(9(12)6-10)8-2-5-14-7-8/h8H,2-7,10H2,1H3. The van der Waals surface area contributed by atoms with Gasteiger partial charge in [-0.3, -0.25) is 4.79 Å². The Balaban J connectivity index is 2.46. The van der Waals surface area contributed by atoms with Crippen molar-refractivity contribution in [2.45, 2.75) is 12.5 Å². The van der Waals surface area contributed by atoms with Crippen LogP contribution in [0.25, 0.3) is 0 Å². The lowest BCUT2D eigenvalue weighted by Gasteiger charge is -2.27. The van der Waals surface area contributed by atoms with Gasteiger partial charge in [-0.2, -0.15) is 11.8 Å². The van der Waals surface area contributed by atoms with E-state index in [-0.39, 0.29) is 12.5 Å². The number of nitrogens with zero attached hydrogens (tertiary/aromatic N) is 1. The largest absolute Gasteiger partial charge is 0.383 e. The molecule has 1 aliphatic rings. The summed E-state index contributed by atoms with van der Waals surface area (Å²) in [5, 5.41) is 0. The van der Waals surface area contributed by atoms with Crippen LogP contribution in [0.15, 0.2) is 0 Å². The van der Waals surface area contributed by atoms with Crippen molar-refractivity contribution in [3.63, 3.8) is 0 Å². The zero-order valence-electron chi connectivity index (χ0n) is 8.57. The topological polar surface area (TPSA) is 55.6 Å². The van der Waals surface area contributed by atoms with Crippen LogP contribution >= 0.6 is 11.8 Å². The van der Waals surface area contributed by atoms with E-state index in [2.05, 4.69) is 0 Å². The van der Waals surface area contributed by atoms with E-state index in [4.69, 9.17) is 10.5 Å². The van der Waals surface area contributed by atoms with E-state index in [9.17, 15) is 4.79 Å². The number of rotatable bonds is 5. The summed E-state index contributed by atoms with van der Waals surface area (Å²) in [6.07, 6.45) is 1.08. The average molecular weight is 218 g/mol. The summed E-state index contributed by atoms with van der Waals surface area (Å²) in [5.74, 6) is 2.22. The molecule has 1 atom stereocenters. The first kappa shape index (κ1) is 11.8. The molecule has 14 heavy (non-hydrogen) atoms. The van der Waals surface area contributed by atoms with Gasteiger partial charge in [0.25, 0.3) is 0 Å². The van der Waals surface area contributed by atoms with E-state index >= 15 is 0 Å². The maximum Gasteiger partial charge on any atom is 0.236 e. The Morgan fingerprint density at radius 3 is 3.00 bits per heavy atom. The number of carbonyl (C=O) groups is 1. The SMILES string of the molecule is COCCN(C(=O)CN)C1CCSC1. The van der Waals surface area contributed by atoms with Gasteiger partial charge >= 0.3 is 0 Å². The Labute approximate surface area is 89.2 Å². The van der Waals surface area contributed by atoms with Crippen molar-refractivity contribution in [3.8, 4) is 0 Å². The van der Waals surface area contributed by atoms with Crippen molar-refractivity contribution in [3.05, 3.63) is 0 Å². The van der Waals surface area contributed by atoms with Crippen LogP contribution in [0.5, 0.6) is 0 Å². The van der Waals surface area contributed by atoms with Gasteiger partial charge in [0.2, 0.25) is 5.91 Å². The van der Waals surface area contributed by atoms with Crippen molar-refractivity contribution >= 4 is 17.7 Å². The quantitative estimate of drug-likeness (QED) is 0.701. The number of ether oxygens (including phenoxy) is 1. The van der Waals surface area contributed by atoms with Crippen LogP contribution in [0.3, 0.4) is 0 Å². The summed E-state index contributed by atoms with van der Waals surface area (Å²) in [6, 6.07) is 0.367. The monoisotopic (exact) mass is 218 g/mol. The molecular weight excluding hydrogens is 200 g/mol. The Kier molecular flexibility index (Phi) is 5.29. The molecule has 1 aliphatic heterocycles. The van der Waals surface area contributed by atoms with Gasteiger partial charge in [0, 0.05) is 25.4 Å². The second-order valence-electron chi connectivity index (χ2n) is 3.30. The Morgan fingerprint density at radius 2 is 2.50 bits per heavy atom. The third-order valence-corrected chi connectivity index (χ3v) is 3.52. The van der Waals surface area contributed by atoms with Crippen LogP contribution in [0.4, 0.5) is 0 Å². The number of thioether (sulfide) groups is 1. The number of carbonyl (C=O) groups excluding carboxylic acids is 1. The highest BCUT2D eigenvalue weighted by molar-refractivity contribution is 7.99. The zero-order valence-corrected chi connectivity index (χ0v) is 9.39. The fraction of sp³-hybridized carbons (Fsp3) is 0.889. The zero-order chi connectivity index (χ0) is 10.4. The van der Waals surface area contributed by atoms with Crippen LogP contribution in [-0.4, -0.2) is 55.2 Å². The maximum atomic E-state index is 11.5. The smallest absolute Gasteiger partial charge is 0.236 e. The van der Waals surface area contributed by atoms with Crippen LogP contribution in [-0.2, 0) is 9.53 Å². The van der Waals surface area contributed by atoms with Gasteiger partial charge < -0.3 is 15.4 Å². The normalized spacial score (nSPS) is 21.1. The summed E-state index contributed by atoms with van der Waals surface area (Å²) in [5.41, 5.74) is 5.37. The predicted octanol–water partition coefficient (Wildman–Crippen LogP) is -0.0744. The molecule has 0 spiro atoms. The van der Waals surface area contributed by atoms with E-state index < -0.39 is 0 Å². The summed E-state index contributed by atoms with van der Waals surface area (Å²) in [7, 11) is 1.65. The van der Waals surface area contributed by atoms with Gasteiger partial charge in [-0.25, -0.2) is 0 Å². The van der Waals surface area contributed by atoms with Gasteiger partial charge in [-0.05, 0) is 12.2 Å². The molecule has 0 radical (unpaired) electrons. The maximum absolute atomic E-state index is 11.5. The third-order valence-electron chi connectivity index (χ3n) is 2.38. The van der Waals surface area contributed by atoms with Crippen molar-refractivity contribution in [1.82, 2.24) is 4.90 Å². The van der Waals surface area contributed by atoms with Crippen molar-refractivity contribution < 1.29 is 9.53 Å². The van der Waals surface area contributed by atoms with E-state index in [0.717, 1.165) is 17.9 Å². The molecule has 82 valence electrons.